The molecule has 0 saturated carbocycles. The predicted octanol–water partition coefficient (Wildman–Crippen LogP) is 5.56. The molecule has 204 valence electrons. The molecule has 3 aromatic rings. The van der Waals surface area contributed by atoms with E-state index in [1.54, 1.807) is 54.4 Å². The second kappa shape index (κ2) is 13.1. The van der Waals surface area contributed by atoms with E-state index in [0.717, 1.165) is 31.4 Å². The summed E-state index contributed by atoms with van der Waals surface area (Å²) in [5, 5.41) is 0.747. The number of nitrogens with zero attached hydrogens (tertiary/aromatic N) is 3. The Labute approximate surface area is 235 Å². The summed E-state index contributed by atoms with van der Waals surface area (Å²) >= 11 is 1.71. The van der Waals surface area contributed by atoms with Crippen molar-refractivity contribution in [2.45, 2.75) is 18.2 Å². The number of rotatable bonds is 9. The van der Waals surface area contributed by atoms with Crippen LogP contribution in [-0.2, 0) is 10.0 Å². The molecule has 0 radical (unpaired) electrons. The Balaban J connectivity index is 1.41. The number of aromatic nitrogens is 1. The minimum Gasteiger partial charge on any atom is -0.337 e. The number of nitrogens with one attached hydrogen (secondary N) is 1. The summed E-state index contributed by atoms with van der Waals surface area (Å²) in [6.07, 6.45) is 10.6. The largest absolute Gasteiger partial charge is 0.337 e. The van der Waals surface area contributed by atoms with Gasteiger partial charge in [-0.1, -0.05) is 43.0 Å². The molecule has 2 heterocycles. The third-order valence-corrected chi connectivity index (χ3v) is 8.89. The van der Waals surface area contributed by atoms with Gasteiger partial charge >= 0.3 is 0 Å². The summed E-state index contributed by atoms with van der Waals surface area (Å²) in [6, 6.07) is 15.2. The third kappa shape index (κ3) is 6.98. The number of sulfonamides is 1. The van der Waals surface area contributed by atoms with Gasteiger partial charge in [0.1, 0.15) is 4.90 Å². The monoisotopic (exact) mass is 562 g/mol. The molecule has 0 unspecified atom stereocenters. The van der Waals surface area contributed by atoms with Crippen LogP contribution in [0.5, 0.6) is 0 Å². The highest BCUT2D eigenvalue weighted by molar-refractivity contribution is 8.02. The SMILES string of the molecule is C=C/C(CN1CCCN(C(=O)c2ccc(NS(=O)(=O)c3cccc4cccnc34)cc2)CC1)=C(\C=C/C)SC. The molecule has 1 aliphatic rings. The molecule has 0 atom stereocenters. The first kappa shape index (κ1) is 28.6. The summed E-state index contributed by atoms with van der Waals surface area (Å²) in [6.45, 7) is 9.80. The minimum atomic E-state index is -3.86. The van der Waals surface area contributed by atoms with E-state index in [9.17, 15) is 13.2 Å². The zero-order valence-electron chi connectivity index (χ0n) is 22.3. The molecule has 2 aromatic carbocycles. The van der Waals surface area contributed by atoms with Crippen molar-refractivity contribution in [1.29, 1.82) is 0 Å². The first-order chi connectivity index (χ1) is 18.9. The Morgan fingerprint density at radius 1 is 1.08 bits per heavy atom. The number of thioether (sulfide) groups is 1. The van der Waals surface area contributed by atoms with Crippen LogP contribution in [0.15, 0.2) is 101 Å². The number of allylic oxidation sites excluding steroid dienone is 2. The molecule has 1 fully saturated rings. The number of fused-ring (bicyclic) bond motifs is 1. The van der Waals surface area contributed by atoms with E-state index in [4.69, 9.17) is 0 Å². The van der Waals surface area contributed by atoms with Crippen LogP contribution in [0.2, 0.25) is 0 Å². The second-order valence-corrected chi connectivity index (χ2v) is 11.7. The highest BCUT2D eigenvalue weighted by atomic mass is 32.2. The lowest BCUT2D eigenvalue weighted by Crippen LogP contribution is -2.35. The van der Waals surface area contributed by atoms with E-state index in [2.05, 4.69) is 33.5 Å². The number of amides is 1. The van der Waals surface area contributed by atoms with Gasteiger partial charge in [0.15, 0.2) is 0 Å². The van der Waals surface area contributed by atoms with Crippen LogP contribution in [0.4, 0.5) is 5.69 Å². The summed E-state index contributed by atoms with van der Waals surface area (Å²) < 4.78 is 28.8. The number of para-hydroxylation sites is 1. The van der Waals surface area contributed by atoms with Crippen LogP contribution in [0.25, 0.3) is 10.9 Å². The Morgan fingerprint density at radius 3 is 2.56 bits per heavy atom. The van der Waals surface area contributed by atoms with Gasteiger partial charge in [0.05, 0.1) is 5.52 Å². The molecule has 0 bridgehead atoms. The van der Waals surface area contributed by atoms with Crippen LogP contribution >= 0.6 is 11.8 Å². The third-order valence-electron chi connectivity index (χ3n) is 6.64. The lowest BCUT2D eigenvalue weighted by Gasteiger charge is -2.23. The molecule has 1 N–H and O–H groups in total. The fourth-order valence-corrected chi connectivity index (χ4v) is 6.56. The van der Waals surface area contributed by atoms with E-state index < -0.39 is 10.0 Å². The fourth-order valence-electron chi connectivity index (χ4n) is 4.64. The van der Waals surface area contributed by atoms with E-state index in [1.165, 1.54) is 16.5 Å². The summed E-state index contributed by atoms with van der Waals surface area (Å²) in [5.74, 6) is -0.0530. The Kier molecular flexibility index (Phi) is 9.61. The number of hydrogen-bond acceptors (Lipinski definition) is 6. The van der Waals surface area contributed by atoms with E-state index >= 15 is 0 Å². The number of anilines is 1. The summed E-state index contributed by atoms with van der Waals surface area (Å²) in [7, 11) is -3.86. The molecule has 1 aromatic heterocycles. The van der Waals surface area contributed by atoms with Crippen molar-refractivity contribution in [2.24, 2.45) is 0 Å². The molecule has 1 aliphatic heterocycles. The first-order valence-corrected chi connectivity index (χ1v) is 15.6. The van der Waals surface area contributed by atoms with Gasteiger partial charge < -0.3 is 4.90 Å². The van der Waals surface area contributed by atoms with Gasteiger partial charge in [-0.05, 0) is 61.6 Å². The predicted molar refractivity (Wildman–Crippen MR) is 162 cm³/mol. The summed E-state index contributed by atoms with van der Waals surface area (Å²) in [4.78, 5) is 23.1. The first-order valence-electron chi connectivity index (χ1n) is 12.9. The fraction of sp³-hybridized carbons (Fsp3) is 0.267. The molecular weight excluding hydrogens is 528 g/mol. The number of pyridine rings is 1. The molecule has 1 amide bonds. The number of benzene rings is 2. The normalized spacial score (nSPS) is 15.7. The average Bonchev–Trinajstić information content (AvgIpc) is 3.20. The quantitative estimate of drug-likeness (QED) is 0.344. The molecule has 0 spiro atoms. The van der Waals surface area contributed by atoms with Crippen LogP contribution in [0.3, 0.4) is 0 Å². The van der Waals surface area contributed by atoms with Gasteiger partial charge in [-0.3, -0.25) is 19.4 Å². The van der Waals surface area contributed by atoms with Crippen molar-refractivity contribution in [3.05, 3.63) is 102 Å². The lowest BCUT2D eigenvalue weighted by molar-refractivity contribution is 0.0762. The van der Waals surface area contributed by atoms with Crippen molar-refractivity contribution in [2.75, 3.05) is 43.7 Å². The Hall–Kier alpha value is -3.40. The number of carbonyl (C=O) groups is 1. The maximum absolute atomic E-state index is 13.3. The van der Waals surface area contributed by atoms with Crippen LogP contribution in [0, 0.1) is 0 Å². The average molecular weight is 563 g/mol. The number of carbonyl (C=O) groups excluding carboxylic acids is 1. The van der Waals surface area contributed by atoms with Crippen molar-refractivity contribution in [3.8, 4) is 0 Å². The molecule has 39 heavy (non-hydrogen) atoms. The zero-order valence-corrected chi connectivity index (χ0v) is 24.0. The molecule has 9 heteroatoms. The van der Waals surface area contributed by atoms with Crippen molar-refractivity contribution >= 4 is 44.3 Å². The van der Waals surface area contributed by atoms with Crippen LogP contribution < -0.4 is 4.72 Å². The molecule has 0 aliphatic carbocycles. The van der Waals surface area contributed by atoms with Crippen molar-refractivity contribution < 1.29 is 13.2 Å². The minimum absolute atomic E-state index is 0.0530. The maximum Gasteiger partial charge on any atom is 0.264 e. The van der Waals surface area contributed by atoms with Gasteiger partial charge in [0, 0.05) is 60.5 Å². The van der Waals surface area contributed by atoms with Crippen LogP contribution in [-0.4, -0.2) is 68.1 Å². The van der Waals surface area contributed by atoms with Gasteiger partial charge in [-0.15, -0.1) is 11.8 Å². The zero-order chi connectivity index (χ0) is 27.8. The second-order valence-electron chi connectivity index (χ2n) is 9.23. The lowest BCUT2D eigenvalue weighted by atomic mass is 10.2. The van der Waals surface area contributed by atoms with Crippen molar-refractivity contribution in [1.82, 2.24) is 14.8 Å². The van der Waals surface area contributed by atoms with E-state index in [1.807, 2.05) is 36.1 Å². The van der Waals surface area contributed by atoms with Gasteiger partial charge in [0.25, 0.3) is 15.9 Å². The van der Waals surface area contributed by atoms with E-state index in [0.29, 0.717) is 29.9 Å². The molecular formula is C30H34N4O3S2. The van der Waals surface area contributed by atoms with Crippen molar-refractivity contribution in [3.63, 3.8) is 0 Å². The summed E-state index contributed by atoms with van der Waals surface area (Å²) in [5.41, 5.74) is 2.52. The smallest absolute Gasteiger partial charge is 0.264 e. The highest BCUT2D eigenvalue weighted by Crippen LogP contribution is 2.24. The molecule has 1 saturated heterocycles. The van der Waals surface area contributed by atoms with E-state index in [-0.39, 0.29) is 10.8 Å². The Morgan fingerprint density at radius 2 is 1.85 bits per heavy atom. The van der Waals surface area contributed by atoms with Crippen LogP contribution in [0.1, 0.15) is 23.7 Å². The van der Waals surface area contributed by atoms with Gasteiger partial charge in [0.2, 0.25) is 0 Å². The Bertz CT molecular complexity index is 1490. The number of hydrogen-bond donors (Lipinski definition) is 1. The maximum atomic E-state index is 13.3. The van der Waals surface area contributed by atoms with Gasteiger partial charge in [-0.25, -0.2) is 8.42 Å². The standard InChI is InChI=1S/C30H34N4O3S2/c1-4-9-27(38-3)23(5-2)22-33-18-8-19-34(21-20-33)30(35)25-13-15-26(16-14-25)32-39(36,37)28-12-6-10-24-11-7-17-31-29(24)28/h4-7,9-17,32H,2,8,18-22H2,1,3H3/b9-4-,27-23-. The van der Waals surface area contributed by atoms with Gasteiger partial charge in [-0.2, -0.15) is 0 Å². The molecule has 4 rings (SSSR count). The topological polar surface area (TPSA) is 82.6 Å². The molecule has 7 nitrogen and oxygen atoms in total. The highest BCUT2D eigenvalue weighted by Gasteiger charge is 2.22.